The summed E-state index contributed by atoms with van der Waals surface area (Å²) < 4.78 is 5.34. The third kappa shape index (κ3) is 3.79. The molecular weight excluding hydrogens is 252 g/mol. The molecule has 1 aromatic heterocycles. The minimum absolute atomic E-state index is 0.560. The van der Waals surface area contributed by atoms with Gasteiger partial charge in [0.05, 0.1) is 6.54 Å². The van der Waals surface area contributed by atoms with E-state index in [1.54, 1.807) is 0 Å². The SMILES string of the molecule is CCCCN1CCCN(Cc2noc(C3CC3)n2)CC1. The first-order valence-electron chi connectivity index (χ1n) is 8.12. The Kier molecular flexibility index (Phi) is 4.68. The maximum absolute atomic E-state index is 5.34. The highest BCUT2D eigenvalue weighted by Crippen LogP contribution is 2.38. The number of aromatic nitrogens is 2. The normalized spacial score (nSPS) is 22.1. The average molecular weight is 278 g/mol. The summed E-state index contributed by atoms with van der Waals surface area (Å²) in [5.74, 6) is 2.29. The predicted octanol–water partition coefficient (Wildman–Crippen LogP) is 2.25. The molecule has 0 amide bonds. The maximum Gasteiger partial charge on any atom is 0.229 e. The molecule has 1 aromatic rings. The van der Waals surface area contributed by atoms with Crippen LogP contribution in [0.2, 0.25) is 0 Å². The number of rotatable bonds is 6. The largest absolute Gasteiger partial charge is 0.339 e. The van der Waals surface area contributed by atoms with Crippen molar-refractivity contribution in [3.8, 4) is 0 Å². The summed E-state index contributed by atoms with van der Waals surface area (Å²) >= 11 is 0. The van der Waals surface area contributed by atoms with Crippen LogP contribution in [-0.2, 0) is 6.54 Å². The van der Waals surface area contributed by atoms with Crippen molar-refractivity contribution < 1.29 is 4.52 Å². The Morgan fingerprint density at radius 1 is 1.15 bits per heavy atom. The highest BCUT2D eigenvalue weighted by Gasteiger charge is 2.29. The lowest BCUT2D eigenvalue weighted by Gasteiger charge is -2.20. The predicted molar refractivity (Wildman–Crippen MR) is 77.5 cm³/mol. The van der Waals surface area contributed by atoms with Gasteiger partial charge in [0.15, 0.2) is 5.82 Å². The van der Waals surface area contributed by atoms with Crippen LogP contribution in [0.3, 0.4) is 0 Å². The zero-order valence-electron chi connectivity index (χ0n) is 12.6. The van der Waals surface area contributed by atoms with E-state index in [9.17, 15) is 0 Å². The van der Waals surface area contributed by atoms with Crippen molar-refractivity contribution in [3.05, 3.63) is 11.7 Å². The van der Waals surface area contributed by atoms with Gasteiger partial charge in [0.2, 0.25) is 5.89 Å². The van der Waals surface area contributed by atoms with E-state index in [1.165, 1.54) is 51.7 Å². The first-order chi connectivity index (χ1) is 9.85. The Bertz CT molecular complexity index is 416. The first-order valence-corrected chi connectivity index (χ1v) is 8.12. The van der Waals surface area contributed by atoms with Gasteiger partial charge in [-0.05, 0) is 45.3 Å². The summed E-state index contributed by atoms with van der Waals surface area (Å²) in [6.45, 7) is 9.03. The fraction of sp³-hybridized carbons (Fsp3) is 0.867. The molecular formula is C15H26N4O. The molecule has 2 heterocycles. The fourth-order valence-electron chi connectivity index (χ4n) is 2.82. The molecule has 5 heteroatoms. The van der Waals surface area contributed by atoms with Gasteiger partial charge in [-0.2, -0.15) is 4.98 Å². The molecule has 2 aliphatic rings. The molecule has 112 valence electrons. The van der Waals surface area contributed by atoms with Crippen LogP contribution in [0.15, 0.2) is 4.52 Å². The Balaban J connectivity index is 1.47. The van der Waals surface area contributed by atoms with Crippen molar-refractivity contribution in [2.75, 3.05) is 32.7 Å². The molecule has 0 atom stereocenters. The molecule has 0 radical (unpaired) electrons. The van der Waals surface area contributed by atoms with Gasteiger partial charge in [-0.15, -0.1) is 0 Å². The van der Waals surface area contributed by atoms with E-state index in [1.807, 2.05) is 0 Å². The minimum Gasteiger partial charge on any atom is -0.339 e. The number of nitrogens with zero attached hydrogens (tertiary/aromatic N) is 4. The molecule has 0 aromatic carbocycles. The van der Waals surface area contributed by atoms with Crippen molar-refractivity contribution in [1.29, 1.82) is 0 Å². The topological polar surface area (TPSA) is 45.4 Å². The third-order valence-electron chi connectivity index (χ3n) is 4.28. The molecule has 0 N–H and O–H groups in total. The standard InChI is InChI=1S/C15H26N4O/c1-2-3-7-18-8-4-9-19(11-10-18)12-14-16-15(20-17-14)13-5-6-13/h13H,2-12H2,1H3. The van der Waals surface area contributed by atoms with Crippen LogP contribution < -0.4 is 0 Å². The van der Waals surface area contributed by atoms with Crippen LogP contribution in [0.5, 0.6) is 0 Å². The van der Waals surface area contributed by atoms with E-state index in [0.29, 0.717) is 5.92 Å². The monoisotopic (exact) mass is 278 g/mol. The van der Waals surface area contributed by atoms with Gasteiger partial charge in [0.1, 0.15) is 0 Å². The van der Waals surface area contributed by atoms with Gasteiger partial charge in [-0.1, -0.05) is 18.5 Å². The van der Waals surface area contributed by atoms with Crippen molar-refractivity contribution >= 4 is 0 Å². The smallest absolute Gasteiger partial charge is 0.229 e. The summed E-state index contributed by atoms with van der Waals surface area (Å²) in [7, 11) is 0. The summed E-state index contributed by atoms with van der Waals surface area (Å²) in [6, 6.07) is 0. The average Bonchev–Trinajstić information content (AvgIpc) is 3.23. The van der Waals surface area contributed by atoms with Crippen LogP contribution >= 0.6 is 0 Å². The van der Waals surface area contributed by atoms with Crippen LogP contribution in [0, 0.1) is 0 Å². The molecule has 3 rings (SSSR count). The van der Waals surface area contributed by atoms with Crippen molar-refractivity contribution in [1.82, 2.24) is 19.9 Å². The zero-order chi connectivity index (χ0) is 13.8. The maximum atomic E-state index is 5.34. The van der Waals surface area contributed by atoms with Gasteiger partial charge in [0.25, 0.3) is 0 Å². The highest BCUT2D eigenvalue weighted by atomic mass is 16.5. The molecule has 2 fully saturated rings. The van der Waals surface area contributed by atoms with Gasteiger partial charge in [0, 0.05) is 19.0 Å². The summed E-state index contributed by atoms with van der Waals surface area (Å²) in [5.41, 5.74) is 0. The van der Waals surface area contributed by atoms with Crippen LogP contribution in [0.1, 0.15) is 56.7 Å². The van der Waals surface area contributed by atoms with Crippen molar-refractivity contribution in [2.24, 2.45) is 0 Å². The fourth-order valence-corrected chi connectivity index (χ4v) is 2.82. The summed E-state index contributed by atoms with van der Waals surface area (Å²) in [6.07, 6.45) is 6.29. The number of unbranched alkanes of at least 4 members (excludes halogenated alkanes) is 1. The lowest BCUT2D eigenvalue weighted by Crippen LogP contribution is -2.31. The van der Waals surface area contributed by atoms with Gasteiger partial charge < -0.3 is 9.42 Å². The second kappa shape index (κ2) is 6.68. The summed E-state index contributed by atoms with van der Waals surface area (Å²) in [5, 5.41) is 4.13. The van der Waals surface area contributed by atoms with Gasteiger partial charge in [-0.3, -0.25) is 4.90 Å². The first kappa shape index (κ1) is 14.0. The zero-order valence-corrected chi connectivity index (χ0v) is 12.6. The molecule has 0 spiro atoms. The number of hydrogen-bond acceptors (Lipinski definition) is 5. The second-order valence-corrected chi connectivity index (χ2v) is 6.15. The van der Waals surface area contributed by atoms with Gasteiger partial charge in [-0.25, -0.2) is 0 Å². The molecule has 1 aliphatic carbocycles. The van der Waals surface area contributed by atoms with Crippen LogP contribution in [0.25, 0.3) is 0 Å². The van der Waals surface area contributed by atoms with Crippen molar-refractivity contribution in [2.45, 2.75) is 51.5 Å². The second-order valence-electron chi connectivity index (χ2n) is 6.15. The Hall–Kier alpha value is -0.940. The van der Waals surface area contributed by atoms with E-state index in [2.05, 4.69) is 26.9 Å². The van der Waals surface area contributed by atoms with E-state index in [4.69, 9.17) is 4.52 Å². The lowest BCUT2D eigenvalue weighted by atomic mass is 10.3. The van der Waals surface area contributed by atoms with E-state index in [-0.39, 0.29) is 0 Å². The van der Waals surface area contributed by atoms with Gasteiger partial charge >= 0.3 is 0 Å². The quantitative estimate of drug-likeness (QED) is 0.798. The molecule has 0 bridgehead atoms. The highest BCUT2D eigenvalue weighted by molar-refractivity contribution is 5.01. The minimum atomic E-state index is 0.560. The molecule has 20 heavy (non-hydrogen) atoms. The lowest BCUT2D eigenvalue weighted by molar-refractivity contribution is 0.243. The van der Waals surface area contributed by atoms with Crippen molar-refractivity contribution in [3.63, 3.8) is 0 Å². The molecule has 1 aliphatic heterocycles. The number of hydrogen-bond donors (Lipinski definition) is 0. The molecule has 0 unspecified atom stereocenters. The van der Waals surface area contributed by atoms with E-state index >= 15 is 0 Å². The Morgan fingerprint density at radius 3 is 2.75 bits per heavy atom. The van der Waals surface area contributed by atoms with E-state index < -0.39 is 0 Å². The third-order valence-corrected chi connectivity index (χ3v) is 4.28. The van der Waals surface area contributed by atoms with Crippen LogP contribution in [0.4, 0.5) is 0 Å². The Labute approximate surface area is 121 Å². The Morgan fingerprint density at radius 2 is 1.95 bits per heavy atom. The van der Waals surface area contributed by atoms with E-state index in [0.717, 1.165) is 31.3 Å². The molecule has 1 saturated heterocycles. The summed E-state index contributed by atoms with van der Waals surface area (Å²) in [4.78, 5) is 9.59. The molecule has 5 nitrogen and oxygen atoms in total. The van der Waals surface area contributed by atoms with Crippen LogP contribution in [-0.4, -0.2) is 52.7 Å². The molecule has 1 saturated carbocycles.